The molecule has 144 valence electrons. The van der Waals surface area contributed by atoms with Gasteiger partial charge in [-0.15, -0.1) is 0 Å². The second-order valence-corrected chi connectivity index (χ2v) is 8.08. The molecule has 2 fully saturated rings. The van der Waals surface area contributed by atoms with E-state index in [1.165, 1.54) is 4.90 Å². The van der Waals surface area contributed by atoms with E-state index in [9.17, 15) is 19.8 Å². The normalized spacial score (nSPS) is 20.7. The number of carboxylic acid groups (broad SMARTS) is 1. The largest absolute Gasteiger partial charge is 0.481 e. The van der Waals surface area contributed by atoms with Crippen molar-refractivity contribution in [1.82, 2.24) is 4.90 Å². The maximum absolute atomic E-state index is 12.5. The number of ether oxygens (including phenoxy) is 1. The van der Waals surface area contributed by atoms with Gasteiger partial charge < -0.3 is 19.8 Å². The number of nitrogens with zero attached hydrogens (tertiary/aromatic N) is 1. The molecule has 0 bridgehead atoms. The van der Waals surface area contributed by atoms with Crippen molar-refractivity contribution in [2.75, 3.05) is 19.7 Å². The minimum absolute atomic E-state index is 0.00989. The van der Waals surface area contributed by atoms with Crippen molar-refractivity contribution in [3.05, 3.63) is 59.7 Å². The predicted molar refractivity (Wildman–Crippen MR) is 101 cm³/mol. The molecule has 1 saturated heterocycles. The SMILES string of the molecule is O=C(OCC1c2ccccc2-c2ccccc21)N1CC(O)(C2(C(=O)O)CC2)C1. The van der Waals surface area contributed by atoms with Crippen LogP contribution in [0.1, 0.15) is 29.9 Å². The number of benzene rings is 2. The fraction of sp³-hybridized carbons (Fsp3) is 0.364. The number of β-amino-alcohol motifs (C(OH)–C–C–N with tert-alkyl or cyclic N) is 1. The smallest absolute Gasteiger partial charge is 0.409 e. The van der Waals surface area contributed by atoms with E-state index >= 15 is 0 Å². The van der Waals surface area contributed by atoms with Crippen LogP contribution in [0.25, 0.3) is 11.1 Å². The molecule has 0 radical (unpaired) electrons. The number of likely N-dealkylation sites (tertiary alicyclic amines) is 1. The van der Waals surface area contributed by atoms with Crippen LogP contribution in [0.3, 0.4) is 0 Å². The third-order valence-corrected chi connectivity index (χ3v) is 6.55. The molecule has 1 aliphatic heterocycles. The Kier molecular flexibility index (Phi) is 3.58. The summed E-state index contributed by atoms with van der Waals surface area (Å²) in [5.74, 6) is -1.01. The van der Waals surface area contributed by atoms with Crippen LogP contribution < -0.4 is 0 Å². The van der Waals surface area contributed by atoms with E-state index in [1.807, 2.05) is 24.3 Å². The molecule has 6 nitrogen and oxygen atoms in total. The summed E-state index contributed by atoms with van der Waals surface area (Å²) in [6, 6.07) is 16.2. The van der Waals surface area contributed by atoms with E-state index in [2.05, 4.69) is 24.3 Å². The minimum Gasteiger partial charge on any atom is -0.481 e. The van der Waals surface area contributed by atoms with Gasteiger partial charge in [-0.3, -0.25) is 4.79 Å². The first-order valence-electron chi connectivity index (χ1n) is 9.51. The summed E-state index contributed by atoms with van der Waals surface area (Å²) >= 11 is 0. The molecule has 0 spiro atoms. The fourth-order valence-corrected chi connectivity index (χ4v) is 4.71. The standard InChI is InChI=1S/C22H21NO5/c24-19(25)21(9-10-21)22(27)12-23(13-22)20(26)28-11-18-16-7-3-1-5-14(16)15-6-2-4-8-17(15)18/h1-8,18,27H,9-13H2,(H,24,25). The lowest BCUT2D eigenvalue weighted by Crippen LogP contribution is -2.69. The van der Waals surface area contributed by atoms with Crippen molar-refractivity contribution in [2.45, 2.75) is 24.4 Å². The Labute approximate surface area is 162 Å². The number of carbonyl (C=O) groups excluding carboxylic acids is 1. The van der Waals surface area contributed by atoms with E-state index in [-0.39, 0.29) is 25.6 Å². The van der Waals surface area contributed by atoms with Gasteiger partial charge in [-0.2, -0.15) is 0 Å². The molecule has 2 aliphatic carbocycles. The zero-order chi connectivity index (χ0) is 19.5. The predicted octanol–water partition coefficient (Wildman–Crippen LogP) is 2.85. The average molecular weight is 379 g/mol. The van der Waals surface area contributed by atoms with Crippen LogP contribution >= 0.6 is 0 Å². The molecule has 2 aromatic carbocycles. The highest BCUT2D eigenvalue weighted by atomic mass is 16.6. The summed E-state index contributed by atoms with van der Waals surface area (Å²) in [5, 5.41) is 20.0. The second kappa shape index (κ2) is 5.82. The van der Waals surface area contributed by atoms with Crippen LogP contribution in [0.5, 0.6) is 0 Å². The molecular formula is C22H21NO5. The molecule has 6 heteroatoms. The Morgan fingerprint density at radius 3 is 2.04 bits per heavy atom. The number of fused-ring (bicyclic) bond motifs is 3. The highest BCUT2D eigenvalue weighted by Gasteiger charge is 2.69. The van der Waals surface area contributed by atoms with Gasteiger partial charge in [0.15, 0.2) is 0 Å². The summed E-state index contributed by atoms with van der Waals surface area (Å²) in [6.45, 7) is 0.234. The highest BCUT2D eigenvalue weighted by molar-refractivity contribution is 5.81. The molecule has 2 N–H and O–H groups in total. The first kappa shape index (κ1) is 17.3. The Bertz CT molecular complexity index is 929. The zero-order valence-electron chi connectivity index (χ0n) is 15.3. The van der Waals surface area contributed by atoms with Crippen LogP contribution in [0.15, 0.2) is 48.5 Å². The first-order chi connectivity index (χ1) is 13.5. The van der Waals surface area contributed by atoms with Gasteiger partial charge in [-0.25, -0.2) is 4.79 Å². The van der Waals surface area contributed by atoms with Gasteiger partial charge in [0.05, 0.1) is 18.5 Å². The van der Waals surface area contributed by atoms with Gasteiger partial charge in [0.25, 0.3) is 0 Å². The number of carboxylic acids is 1. The Morgan fingerprint density at radius 2 is 1.54 bits per heavy atom. The molecule has 0 unspecified atom stereocenters. The number of carbonyl (C=O) groups is 2. The van der Waals surface area contributed by atoms with Gasteiger partial charge in [-0.1, -0.05) is 48.5 Å². The monoisotopic (exact) mass is 379 g/mol. The molecule has 1 heterocycles. The lowest BCUT2D eigenvalue weighted by molar-refractivity contribution is -0.174. The van der Waals surface area contributed by atoms with Gasteiger partial charge in [0.2, 0.25) is 0 Å². The molecule has 2 aromatic rings. The summed E-state index contributed by atoms with van der Waals surface area (Å²) in [6.07, 6.45) is 0.405. The van der Waals surface area contributed by atoms with E-state index in [0.717, 1.165) is 22.3 Å². The van der Waals surface area contributed by atoms with Gasteiger partial charge in [0.1, 0.15) is 12.2 Å². The minimum atomic E-state index is -1.34. The Hall–Kier alpha value is -2.86. The number of hydrogen-bond acceptors (Lipinski definition) is 4. The highest BCUT2D eigenvalue weighted by Crippen LogP contribution is 2.57. The summed E-state index contributed by atoms with van der Waals surface area (Å²) in [7, 11) is 0. The van der Waals surface area contributed by atoms with Gasteiger partial charge >= 0.3 is 12.1 Å². The molecule has 0 atom stereocenters. The molecule has 3 aliphatic rings. The number of rotatable bonds is 4. The molecule has 5 rings (SSSR count). The van der Waals surface area contributed by atoms with Crippen molar-refractivity contribution in [3.63, 3.8) is 0 Å². The van der Waals surface area contributed by atoms with Crippen LogP contribution in [0.4, 0.5) is 4.79 Å². The maximum atomic E-state index is 12.5. The lowest BCUT2D eigenvalue weighted by Gasteiger charge is -2.49. The van der Waals surface area contributed by atoms with Crippen LogP contribution in [-0.2, 0) is 9.53 Å². The summed E-state index contributed by atoms with van der Waals surface area (Å²) < 4.78 is 5.56. The Balaban J connectivity index is 1.27. The van der Waals surface area contributed by atoms with E-state index in [0.29, 0.717) is 12.8 Å². The molecule has 28 heavy (non-hydrogen) atoms. The number of hydrogen-bond donors (Lipinski definition) is 2. The first-order valence-corrected chi connectivity index (χ1v) is 9.51. The summed E-state index contributed by atoms with van der Waals surface area (Å²) in [5.41, 5.74) is 2.17. The van der Waals surface area contributed by atoms with Crippen LogP contribution in [-0.4, -0.2) is 52.5 Å². The molecule has 1 saturated carbocycles. The average Bonchev–Trinajstić information content (AvgIpc) is 3.43. The van der Waals surface area contributed by atoms with Gasteiger partial charge in [0, 0.05) is 5.92 Å². The van der Waals surface area contributed by atoms with E-state index in [4.69, 9.17) is 4.74 Å². The number of aliphatic hydroxyl groups is 1. The zero-order valence-corrected chi connectivity index (χ0v) is 15.3. The van der Waals surface area contributed by atoms with Crippen molar-refractivity contribution in [1.29, 1.82) is 0 Å². The number of amides is 1. The van der Waals surface area contributed by atoms with Crippen molar-refractivity contribution >= 4 is 12.1 Å². The van der Waals surface area contributed by atoms with Crippen LogP contribution in [0, 0.1) is 5.41 Å². The fourth-order valence-electron chi connectivity index (χ4n) is 4.71. The lowest BCUT2D eigenvalue weighted by atomic mass is 9.78. The van der Waals surface area contributed by atoms with Crippen molar-refractivity contribution in [2.24, 2.45) is 5.41 Å². The van der Waals surface area contributed by atoms with Crippen LogP contribution in [0.2, 0.25) is 0 Å². The van der Waals surface area contributed by atoms with E-state index < -0.39 is 23.1 Å². The van der Waals surface area contributed by atoms with Gasteiger partial charge in [-0.05, 0) is 35.1 Å². The molecular weight excluding hydrogens is 358 g/mol. The third kappa shape index (κ3) is 2.31. The molecule has 1 amide bonds. The Morgan fingerprint density at radius 1 is 1.00 bits per heavy atom. The van der Waals surface area contributed by atoms with Crippen molar-refractivity contribution in [3.8, 4) is 11.1 Å². The van der Waals surface area contributed by atoms with E-state index in [1.54, 1.807) is 0 Å². The summed E-state index contributed by atoms with van der Waals surface area (Å²) in [4.78, 5) is 25.3. The number of aliphatic carboxylic acids is 1. The molecule has 0 aromatic heterocycles. The third-order valence-electron chi connectivity index (χ3n) is 6.55. The topological polar surface area (TPSA) is 87.1 Å². The van der Waals surface area contributed by atoms with Crippen molar-refractivity contribution < 1.29 is 24.5 Å². The second-order valence-electron chi connectivity index (χ2n) is 8.08. The quantitative estimate of drug-likeness (QED) is 0.853. The maximum Gasteiger partial charge on any atom is 0.409 e.